The largest absolute Gasteiger partial charge is 0.401 e. The molecule has 0 saturated carbocycles. The molecule has 0 aliphatic heterocycles. The number of hydrogen-bond acceptors (Lipinski definition) is 11. The minimum absolute atomic E-state index is 0.209. The number of aryl methyl sites for hydroxylation is 1. The zero-order valence-electron chi connectivity index (χ0n) is 16.1. The van der Waals surface area contributed by atoms with Crippen molar-refractivity contribution in [2.75, 3.05) is 24.9 Å². The van der Waals surface area contributed by atoms with Crippen LogP contribution < -0.4 is 5.44 Å². The average Bonchev–Trinajstić information content (AvgIpc) is 2.65. The van der Waals surface area contributed by atoms with Crippen LogP contribution in [0.1, 0.15) is 38.7 Å². The van der Waals surface area contributed by atoms with Gasteiger partial charge in [0, 0.05) is 30.4 Å². The molecule has 1 rings (SSSR count). The first kappa shape index (κ1) is 25.9. The van der Waals surface area contributed by atoms with E-state index in [1.807, 2.05) is 20.8 Å². The first-order valence-corrected chi connectivity index (χ1v) is 17.0. The van der Waals surface area contributed by atoms with E-state index in [1.165, 1.54) is 22.8 Å². The molecular weight excluding hydrogens is 466 g/mol. The maximum absolute atomic E-state index is 13.0. The van der Waals surface area contributed by atoms with Crippen molar-refractivity contribution < 1.29 is 21.6 Å². The molecule has 0 aromatic carbocycles. The summed E-state index contributed by atoms with van der Waals surface area (Å²) in [6.07, 6.45) is 4.82. The van der Waals surface area contributed by atoms with Gasteiger partial charge in [0.05, 0.1) is 12.3 Å². The Hall–Kier alpha value is 0.820. The van der Waals surface area contributed by atoms with Gasteiger partial charge in [-0.25, -0.2) is 17.9 Å². The van der Waals surface area contributed by atoms with Crippen molar-refractivity contribution in [3.05, 3.63) is 17.6 Å². The Morgan fingerprint density at radius 3 is 2.22 bits per heavy atom. The van der Waals surface area contributed by atoms with Gasteiger partial charge in [0.1, 0.15) is 5.82 Å². The monoisotopic (exact) mass is 492 g/mol. The summed E-state index contributed by atoms with van der Waals surface area (Å²) in [7, 11) is -3.57. The predicted octanol–water partition coefficient (Wildman–Crippen LogP) is 5.97. The number of rotatable bonds is 14. The summed E-state index contributed by atoms with van der Waals surface area (Å²) in [5.74, 6) is -1.22. The topological polar surface area (TPSA) is 87.6 Å². The van der Waals surface area contributed by atoms with Gasteiger partial charge in [-0.2, -0.15) is 0 Å². The Labute approximate surface area is 178 Å². The van der Waals surface area contributed by atoms with Gasteiger partial charge in [0.15, 0.2) is 5.44 Å². The molecule has 0 saturated heterocycles. The van der Waals surface area contributed by atoms with E-state index >= 15 is 0 Å². The van der Waals surface area contributed by atoms with Gasteiger partial charge in [-0.05, 0) is 43.5 Å². The van der Waals surface area contributed by atoms with Gasteiger partial charge in [-0.1, -0.05) is 36.6 Å². The molecule has 1 heterocycles. The summed E-state index contributed by atoms with van der Waals surface area (Å²) in [5.41, 5.74) is 0.828. The lowest BCUT2D eigenvalue weighted by Gasteiger charge is -2.17. The molecule has 0 bridgehead atoms. The van der Waals surface area contributed by atoms with E-state index in [2.05, 4.69) is 9.97 Å². The smallest absolute Gasteiger partial charge is 0.314 e. The third-order valence-electron chi connectivity index (χ3n) is 2.87. The highest BCUT2D eigenvalue weighted by atomic mass is 33.1. The first-order chi connectivity index (χ1) is 12.9. The molecular formula is C14H26N2O5P2S4. The predicted molar refractivity (Wildman–Crippen MR) is 121 cm³/mol. The van der Waals surface area contributed by atoms with Gasteiger partial charge in [0.2, 0.25) is 0 Å². The lowest BCUT2D eigenvalue weighted by Crippen LogP contribution is -2.16. The van der Waals surface area contributed by atoms with E-state index < -0.39 is 13.4 Å². The molecule has 0 N–H and O–H groups in total. The third kappa shape index (κ3) is 8.60. The van der Waals surface area contributed by atoms with Crippen LogP contribution in [0.5, 0.6) is 0 Å². The second kappa shape index (κ2) is 13.2. The molecule has 27 heavy (non-hydrogen) atoms. The van der Waals surface area contributed by atoms with Crippen LogP contribution in [0.25, 0.3) is 0 Å². The second-order valence-corrected chi connectivity index (χ2v) is 15.7. The van der Waals surface area contributed by atoms with Gasteiger partial charge in [-0.3, -0.25) is 9.13 Å². The van der Waals surface area contributed by atoms with Crippen LogP contribution >= 0.6 is 60.2 Å². The Kier molecular flexibility index (Phi) is 12.6. The minimum atomic E-state index is -3.57. The highest BCUT2D eigenvalue weighted by Crippen LogP contribution is 2.70. The highest BCUT2D eigenvalue weighted by molar-refractivity contribution is 8.89. The Morgan fingerprint density at radius 1 is 1.04 bits per heavy atom. The molecule has 0 aliphatic rings. The van der Waals surface area contributed by atoms with E-state index in [4.69, 9.17) is 12.5 Å². The van der Waals surface area contributed by atoms with Crippen molar-refractivity contribution in [2.45, 2.75) is 39.4 Å². The zero-order valence-corrected chi connectivity index (χ0v) is 21.1. The van der Waals surface area contributed by atoms with Gasteiger partial charge in [0.25, 0.3) is 0 Å². The summed E-state index contributed by atoms with van der Waals surface area (Å²) in [4.78, 5) is 8.79. The fourth-order valence-electron chi connectivity index (χ4n) is 1.81. The first-order valence-electron chi connectivity index (χ1n) is 8.32. The highest BCUT2D eigenvalue weighted by Gasteiger charge is 2.32. The Balaban J connectivity index is 3.10. The van der Waals surface area contributed by atoms with E-state index in [0.29, 0.717) is 30.3 Å². The maximum Gasteiger partial charge on any atom is 0.401 e. The maximum atomic E-state index is 13.0. The molecule has 0 aliphatic carbocycles. The van der Waals surface area contributed by atoms with Crippen molar-refractivity contribution in [3.8, 4) is 0 Å². The molecule has 1 unspecified atom stereocenters. The summed E-state index contributed by atoms with van der Waals surface area (Å²) in [6, 6.07) is 1.60. The van der Waals surface area contributed by atoms with Crippen LogP contribution in [-0.4, -0.2) is 34.8 Å². The number of hydrogen-bond donors (Lipinski definition) is 0. The lowest BCUT2D eigenvalue weighted by atomic mass is 10.4. The number of nitrogens with zero attached hydrogens (tertiary/aromatic N) is 2. The van der Waals surface area contributed by atoms with E-state index in [1.54, 1.807) is 18.6 Å². The normalized spacial score (nSPS) is 14.3. The van der Waals surface area contributed by atoms with Crippen LogP contribution in [0.4, 0.5) is 0 Å². The van der Waals surface area contributed by atoms with Crippen LogP contribution in [-0.2, 0) is 33.8 Å². The third-order valence-corrected chi connectivity index (χ3v) is 14.0. The fraction of sp³-hybridized carbons (Fsp3) is 0.714. The molecule has 0 fully saturated rings. The van der Waals surface area contributed by atoms with Crippen molar-refractivity contribution in [1.29, 1.82) is 0 Å². The molecule has 1 aromatic rings. The quantitative estimate of drug-likeness (QED) is 0.227. The molecule has 0 spiro atoms. The van der Waals surface area contributed by atoms with Crippen molar-refractivity contribution >= 4 is 65.7 Å². The average molecular weight is 493 g/mol. The SMILES string of the molecule is CCCSP(=O)(OCC)SCc1cc(P(=O)(OSC)OSC)nc(CC)n1. The van der Waals surface area contributed by atoms with Gasteiger partial charge < -0.3 is 4.52 Å². The summed E-state index contributed by atoms with van der Waals surface area (Å²) < 4.78 is 42.1. The summed E-state index contributed by atoms with van der Waals surface area (Å²) in [5, 5.41) is 0. The number of aromatic nitrogens is 2. The summed E-state index contributed by atoms with van der Waals surface area (Å²) >= 11 is 4.50. The van der Waals surface area contributed by atoms with Crippen LogP contribution in [0.2, 0.25) is 0 Å². The zero-order chi connectivity index (χ0) is 20.3. The Bertz CT molecular complexity index is 673. The van der Waals surface area contributed by atoms with E-state index in [-0.39, 0.29) is 5.44 Å². The molecule has 1 aromatic heterocycles. The molecule has 0 amide bonds. The van der Waals surface area contributed by atoms with Gasteiger partial charge in [-0.15, -0.1) is 0 Å². The lowest BCUT2D eigenvalue weighted by molar-refractivity contribution is 0.357. The Morgan fingerprint density at radius 2 is 1.70 bits per heavy atom. The van der Waals surface area contributed by atoms with Crippen LogP contribution in [0, 0.1) is 0 Å². The van der Waals surface area contributed by atoms with Crippen LogP contribution in [0.15, 0.2) is 6.07 Å². The minimum Gasteiger partial charge on any atom is -0.314 e. The molecule has 1 atom stereocenters. The van der Waals surface area contributed by atoms with Gasteiger partial charge >= 0.3 is 13.4 Å². The van der Waals surface area contributed by atoms with E-state index in [0.717, 1.165) is 36.3 Å². The molecule has 0 radical (unpaired) electrons. The molecule has 7 nitrogen and oxygen atoms in total. The van der Waals surface area contributed by atoms with Crippen molar-refractivity contribution in [2.24, 2.45) is 0 Å². The molecule has 13 heteroatoms. The van der Waals surface area contributed by atoms with Crippen LogP contribution in [0.3, 0.4) is 0 Å². The second-order valence-electron chi connectivity index (χ2n) is 4.94. The van der Waals surface area contributed by atoms with E-state index in [9.17, 15) is 9.13 Å². The van der Waals surface area contributed by atoms with Crippen molar-refractivity contribution in [3.63, 3.8) is 0 Å². The molecule has 156 valence electrons. The summed E-state index contributed by atoms with van der Waals surface area (Å²) in [6.45, 7) is 6.16. The van der Waals surface area contributed by atoms with Crippen molar-refractivity contribution in [1.82, 2.24) is 9.97 Å². The fourth-order valence-corrected chi connectivity index (χ4v) is 11.5. The standard InChI is InChI=1S/C14H26N2O5P2S4/c1-6-9-26-23(18,19-8-3)27-11-12-10-14(16-13(7-2)15-12)22(17,20-24-4)21-25-5/h10H,6-9,11H2,1-5H3.